The normalized spacial score (nSPS) is 15.5. The van der Waals surface area contributed by atoms with Gasteiger partial charge in [-0.25, -0.2) is 13.1 Å². The van der Waals surface area contributed by atoms with Crippen molar-refractivity contribution in [3.63, 3.8) is 0 Å². The fraction of sp³-hybridized carbons (Fsp3) is 0.350. The lowest BCUT2D eigenvalue weighted by Crippen LogP contribution is -2.50. The van der Waals surface area contributed by atoms with Crippen LogP contribution in [0.1, 0.15) is 25.8 Å². The van der Waals surface area contributed by atoms with Crippen LogP contribution in [0.2, 0.25) is 0 Å². The van der Waals surface area contributed by atoms with E-state index in [9.17, 15) is 13.2 Å². The number of carbonyl (C=O) groups excluding carboxylic acids is 1. The van der Waals surface area contributed by atoms with Crippen molar-refractivity contribution in [3.8, 4) is 0 Å². The molecule has 0 unspecified atom stereocenters. The number of hydrogen-bond donors (Lipinski definition) is 0. The second-order valence-corrected chi connectivity index (χ2v) is 10.6. The molecule has 3 aromatic rings. The van der Waals surface area contributed by atoms with Crippen LogP contribution in [0, 0.1) is 13.8 Å². The molecule has 10 heteroatoms. The van der Waals surface area contributed by atoms with Gasteiger partial charge in [0.15, 0.2) is 5.69 Å². The number of amides is 1. The fourth-order valence-electron chi connectivity index (χ4n) is 3.54. The quantitative estimate of drug-likeness (QED) is 0.600. The summed E-state index contributed by atoms with van der Waals surface area (Å²) in [4.78, 5) is 16.6. The molecule has 2 aromatic heterocycles. The Morgan fingerprint density at radius 1 is 1.10 bits per heavy atom. The summed E-state index contributed by atoms with van der Waals surface area (Å²) in [5, 5.41) is 8.06. The molecule has 1 aliphatic rings. The molecule has 0 N–H and O–H groups in total. The lowest BCUT2D eigenvalue weighted by Gasteiger charge is -2.33. The van der Waals surface area contributed by atoms with Gasteiger partial charge in [-0.2, -0.15) is 4.31 Å². The van der Waals surface area contributed by atoms with Crippen molar-refractivity contribution in [1.29, 1.82) is 0 Å². The van der Waals surface area contributed by atoms with E-state index in [4.69, 9.17) is 0 Å². The maximum atomic E-state index is 12.9. The van der Waals surface area contributed by atoms with Gasteiger partial charge in [-0.1, -0.05) is 35.5 Å². The molecule has 1 aliphatic heterocycles. The lowest BCUT2D eigenvalue weighted by molar-refractivity contribution is 0.0692. The number of piperazine rings is 1. The predicted octanol–water partition coefficient (Wildman–Crippen LogP) is 2.15. The Hall–Kier alpha value is -2.56. The minimum absolute atomic E-state index is 0.228. The van der Waals surface area contributed by atoms with E-state index in [1.54, 1.807) is 21.8 Å². The van der Waals surface area contributed by atoms with Gasteiger partial charge in [0, 0.05) is 35.9 Å². The second-order valence-electron chi connectivity index (χ2n) is 7.26. The molecular formula is C20H23N5O3S2. The Morgan fingerprint density at radius 3 is 2.43 bits per heavy atom. The zero-order valence-electron chi connectivity index (χ0n) is 16.9. The molecule has 4 rings (SSSR count). The first-order valence-electron chi connectivity index (χ1n) is 9.65. The third-order valence-corrected chi connectivity index (χ3v) is 8.20. The molecule has 0 spiro atoms. The summed E-state index contributed by atoms with van der Waals surface area (Å²) in [6.45, 7) is 5.44. The Kier molecular flexibility index (Phi) is 5.72. The number of sulfonamides is 1. The van der Waals surface area contributed by atoms with E-state index in [2.05, 4.69) is 10.3 Å². The van der Waals surface area contributed by atoms with Crippen LogP contribution in [0.25, 0.3) is 0 Å². The minimum Gasteiger partial charge on any atom is -0.335 e. The van der Waals surface area contributed by atoms with E-state index in [1.165, 1.54) is 15.6 Å². The number of thiophene rings is 1. The third kappa shape index (κ3) is 4.16. The molecule has 0 bridgehead atoms. The van der Waals surface area contributed by atoms with Gasteiger partial charge in [-0.15, -0.1) is 16.4 Å². The Balaban J connectivity index is 1.39. The van der Waals surface area contributed by atoms with Gasteiger partial charge in [0.2, 0.25) is 10.0 Å². The van der Waals surface area contributed by atoms with Crippen molar-refractivity contribution in [1.82, 2.24) is 24.2 Å². The third-order valence-electron chi connectivity index (χ3n) is 5.08. The van der Waals surface area contributed by atoms with Crippen LogP contribution in [-0.2, 0) is 16.6 Å². The number of aryl methyl sites for hydroxylation is 2. The number of rotatable bonds is 5. The highest BCUT2D eigenvalue weighted by molar-refractivity contribution is 7.89. The van der Waals surface area contributed by atoms with Crippen LogP contribution in [0.5, 0.6) is 0 Å². The fourth-order valence-corrected chi connectivity index (χ4v) is 6.49. The van der Waals surface area contributed by atoms with Crippen LogP contribution in [0.4, 0.5) is 0 Å². The Bertz CT molecular complexity index is 1150. The molecule has 158 valence electrons. The molecular weight excluding hydrogens is 422 g/mol. The molecule has 1 saturated heterocycles. The molecule has 1 amide bonds. The van der Waals surface area contributed by atoms with Gasteiger partial charge in [0.25, 0.3) is 5.91 Å². The van der Waals surface area contributed by atoms with E-state index in [0.717, 1.165) is 15.3 Å². The van der Waals surface area contributed by atoms with Gasteiger partial charge in [0.1, 0.15) is 0 Å². The molecule has 0 aliphatic carbocycles. The highest BCUT2D eigenvalue weighted by atomic mass is 32.2. The van der Waals surface area contributed by atoms with E-state index in [1.807, 2.05) is 44.2 Å². The summed E-state index contributed by atoms with van der Waals surface area (Å²) in [5.74, 6) is -0.228. The van der Waals surface area contributed by atoms with E-state index in [0.29, 0.717) is 24.5 Å². The van der Waals surface area contributed by atoms with Crippen molar-refractivity contribution in [2.24, 2.45) is 0 Å². The first-order valence-corrected chi connectivity index (χ1v) is 11.9. The summed E-state index contributed by atoms with van der Waals surface area (Å²) in [7, 11) is -3.54. The maximum absolute atomic E-state index is 12.9. The SMILES string of the molecule is Cc1cc(S(=O)(=O)N2CCN(C(=O)c3cn(Cc4ccccc4)nn3)CC2)c(C)s1. The van der Waals surface area contributed by atoms with Gasteiger partial charge in [0.05, 0.1) is 17.6 Å². The molecule has 0 saturated carbocycles. The molecule has 1 aromatic carbocycles. The summed E-state index contributed by atoms with van der Waals surface area (Å²) in [6.07, 6.45) is 1.63. The smallest absolute Gasteiger partial charge is 0.276 e. The van der Waals surface area contributed by atoms with E-state index >= 15 is 0 Å². The first kappa shape index (κ1) is 20.7. The highest BCUT2D eigenvalue weighted by Crippen LogP contribution is 2.28. The average molecular weight is 446 g/mol. The Labute approximate surface area is 179 Å². The topological polar surface area (TPSA) is 88.4 Å². The zero-order valence-corrected chi connectivity index (χ0v) is 18.5. The van der Waals surface area contributed by atoms with E-state index < -0.39 is 10.0 Å². The molecule has 0 atom stereocenters. The first-order chi connectivity index (χ1) is 14.3. The molecule has 8 nitrogen and oxygen atoms in total. The largest absolute Gasteiger partial charge is 0.335 e. The van der Waals surface area contributed by atoms with Crippen LogP contribution >= 0.6 is 11.3 Å². The van der Waals surface area contributed by atoms with Crippen molar-refractivity contribution >= 4 is 27.3 Å². The van der Waals surface area contributed by atoms with Crippen molar-refractivity contribution in [3.05, 3.63) is 63.6 Å². The number of benzene rings is 1. The number of aromatic nitrogens is 3. The second kappa shape index (κ2) is 8.29. The lowest BCUT2D eigenvalue weighted by atomic mass is 10.2. The predicted molar refractivity (Wildman–Crippen MR) is 114 cm³/mol. The molecule has 1 fully saturated rings. The zero-order chi connectivity index (χ0) is 21.3. The van der Waals surface area contributed by atoms with E-state index in [-0.39, 0.29) is 24.7 Å². The van der Waals surface area contributed by atoms with Crippen LogP contribution < -0.4 is 0 Å². The number of carbonyl (C=O) groups is 1. The minimum atomic E-state index is -3.54. The van der Waals surface area contributed by atoms with Gasteiger partial charge >= 0.3 is 0 Å². The monoisotopic (exact) mass is 445 g/mol. The summed E-state index contributed by atoms with van der Waals surface area (Å²) < 4.78 is 29.0. The highest BCUT2D eigenvalue weighted by Gasteiger charge is 2.32. The summed E-state index contributed by atoms with van der Waals surface area (Å²) in [6, 6.07) is 11.5. The molecule has 0 radical (unpaired) electrons. The van der Waals surface area contributed by atoms with Crippen molar-refractivity contribution in [2.75, 3.05) is 26.2 Å². The van der Waals surface area contributed by atoms with Gasteiger partial charge in [-0.05, 0) is 25.5 Å². The average Bonchev–Trinajstić information content (AvgIpc) is 3.34. The maximum Gasteiger partial charge on any atom is 0.276 e. The van der Waals surface area contributed by atoms with Crippen LogP contribution in [-0.4, -0.2) is 64.7 Å². The van der Waals surface area contributed by atoms with Crippen molar-refractivity contribution in [2.45, 2.75) is 25.3 Å². The summed E-state index contributed by atoms with van der Waals surface area (Å²) >= 11 is 1.48. The molecule has 3 heterocycles. The van der Waals surface area contributed by atoms with Crippen LogP contribution in [0.3, 0.4) is 0 Å². The number of hydrogen-bond acceptors (Lipinski definition) is 6. The Morgan fingerprint density at radius 2 is 1.80 bits per heavy atom. The van der Waals surface area contributed by atoms with Crippen LogP contribution in [0.15, 0.2) is 47.5 Å². The molecule has 30 heavy (non-hydrogen) atoms. The summed E-state index contributed by atoms with van der Waals surface area (Å²) in [5.41, 5.74) is 1.34. The van der Waals surface area contributed by atoms with Gasteiger partial charge < -0.3 is 4.90 Å². The number of nitrogens with zero attached hydrogens (tertiary/aromatic N) is 5. The van der Waals surface area contributed by atoms with Gasteiger partial charge in [-0.3, -0.25) is 4.79 Å². The van der Waals surface area contributed by atoms with Crippen molar-refractivity contribution < 1.29 is 13.2 Å². The standard InChI is InChI=1S/C20H23N5O3S2/c1-15-12-19(16(2)29-15)30(27,28)25-10-8-23(9-11-25)20(26)18-14-24(22-21-18)13-17-6-4-3-5-7-17/h3-7,12,14H,8-11,13H2,1-2H3.